The van der Waals surface area contributed by atoms with Gasteiger partial charge >= 0.3 is 49.5 Å². The number of benzene rings is 4. The monoisotopic (exact) mass is 568 g/mol. The van der Waals surface area contributed by atoms with E-state index in [0.717, 1.165) is 12.8 Å². The van der Waals surface area contributed by atoms with Crippen LogP contribution in [0, 0.1) is 12.1 Å². The van der Waals surface area contributed by atoms with Crippen molar-refractivity contribution in [1.29, 1.82) is 0 Å². The first kappa shape index (κ1) is 30.1. The van der Waals surface area contributed by atoms with Crippen molar-refractivity contribution in [1.82, 2.24) is 0 Å². The molecule has 3 aliphatic rings. The van der Waals surface area contributed by atoms with E-state index in [4.69, 9.17) is 0 Å². The molecule has 0 nitrogen and oxygen atoms in total. The fourth-order valence-electron chi connectivity index (χ4n) is 4.83. The Morgan fingerprint density at radius 2 is 1.29 bits per heavy atom. The van der Waals surface area contributed by atoms with Crippen LogP contribution in [0.4, 0.5) is 0 Å². The molecule has 0 unspecified atom stereocenters. The Balaban J connectivity index is 0.000000257. The van der Waals surface area contributed by atoms with E-state index in [0.29, 0.717) is 0 Å². The normalized spacial score (nSPS) is 13.7. The van der Waals surface area contributed by atoms with Gasteiger partial charge in [0.15, 0.2) is 0 Å². The Labute approximate surface area is 251 Å². The van der Waals surface area contributed by atoms with E-state index in [9.17, 15) is 0 Å². The third-order valence-electron chi connectivity index (χ3n) is 6.80. The number of hydrogen-bond acceptors (Lipinski definition) is 0. The van der Waals surface area contributed by atoms with Crippen molar-refractivity contribution in [3.8, 4) is 33.4 Å². The summed E-state index contributed by atoms with van der Waals surface area (Å²) in [4.78, 5) is 0. The maximum absolute atomic E-state index is 3.52. The molecule has 0 spiro atoms. The fraction of sp³-hybridized carbons (Fsp3) is 0.171. The van der Waals surface area contributed by atoms with E-state index in [1.165, 1.54) is 70.2 Å². The Hall–Kier alpha value is -2.48. The van der Waals surface area contributed by atoms with E-state index < -0.39 is 0 Å². The quantitative estimate of drug-likeness (QED) is 0.227. The largest absolute Gasteiger partial charge is 0.179 e. The van der Waals surface area contributed by atoms with Crippen LogP contribution in [0.25, 0.3) is 33.4 Å². The topological polar surface area (TPSA) is 0 Å². The molecule has 0 aliphatic heterocycles. The van der Waals surface area contributed by atoms with Gasteiger partial charge in [-0.2, -0.15) is 29.8 Å². The number of allylic oxidation sites excluding steroid dienone is 4. The SMILES string of the molecule is [C-]1=CC=CC1.[Cl-].[Cl-].[Ti+2]=[C]1CCCC1.[c-]1cc(-c2ccccc2)cc2c1Cc1ccc(-c3ccccc3)cc1-2. The van der Waals surface area contributed by atoms with Gasteiger partial charge in [0, 0.05) is 0 Å². The second kappa shape index (κ2) is 15.2. The van der Waals surface area contributed by atoms with Gasteiger partial charge in [0.25, 0.3) is 0 Å². The molecule has 0 bridgehead atoms. The summed E-state index contributed by atoms with van der Waals surface area (Å²) in [5.74, 6) is 0. The first-order valence-electron chi connectivity index (χ1n) is 12.8. The Morgan fingerprint density at radius 1 is 0.658 bits per heavy atom. The molecule has 190 valence electrons. The molecule has 0 amide bonds. The van der Waals surface area contributed by atoms with Gasteiger partial charge in [0.05, 0.1) is 0 Å². The minimum absolute atomic E-state index is 0. The second-order valence-corrected chi connectivity index (χ2v) is 10.5. The van der Waals surface area contributed by atoms with Gasteiger partial charge in [-0.05, 0) is 17.5 Å². The molecule has 0 atom stereocenters. The van der Waals surface area contributed by atoms with Crippen LogP contribution in [0.1, 0.15) is 43.2 Å². The van der Waals surface area contributed by atoms with Crippen LogP contribution in [0.3, 0.4) is 0 Å². The molecule has 0 aromatic heterocycles. The molecular formula is C35H30Cl2Ti-2. The molecule has 0 radical (unpaired) electrons. The van der Waals surface area contributed by atoms with Crippen LogP contribution in [0.2, 0.25) is 0 Å². The van der Waals surface area contributed by atoms with E-state index in [-0.39, 0.29) is 24.8 Å². The van der Waals surface area contributed by atoms with Crippen LogP contribution >= 0.6 is 0 Å². The number of fused-ring (bicyclic) bond motifs is 3. The molecule has 1 saturated carbocycles. The first-order valence-corrected chi connectivity index (χ1v) is 13.6. The Morgan fingerprint density at radius 3 is 1.82 bits per heavy atom. The van der Waals surface area contributed by atoms with E-state index in [1.807, 2.05) is 12.2 Å². The summed E-state index contributed by atoms with van der Waals surface area (Å²) in [5, 5.41) is 0. The van der Waals surface area contributed by atoms with Gasteiger partial charge in [0.1, 0.15) is 0 Å². The van der Waals surface area contributed by atoms with Gasteiger partial charge in [-0.1, -0.05) is 95.6 Å². The minimum Gasteiger partial charge on any atom is -0.179 e. The Kier molecular flexibility index (Phi) is 12.0. The van der Waals surface area contributed by atoms with E-state index >= 15 is 0 Å². The van der Waals surface area contributed by atoms with Gasteiger partial charge < -0.3 is 24.8 Å². The van der Waals surface area contributed by atoms with E-state index in [1.54, 1.807) is 3.81 Å². The molecule has 4 aromatic rings. The van der Waals surface area contributed by atoms with Crippen LogP contribution < -0.4 is 24.8 Å². The molecular weight excluding hydrogens is 539 g/mol. The maximum atomic E-state index is 3.52. The number of hydrogen-bond donors (Lipinski definition) is 0. The summed E-state index contributed by atoms with van der Waals surface area (Å²) in [6.45, 7) is 0. The molecule has 7 rings (SSSR count). The smallest absolute Gasteiger partial charge is 0.0184 e. The molecule has 4 aromatic carbocycles. The summed E-state index contributed by atoms with van der Waals surface area (Å²) < 4.78 is 1.70. The minimum atomic E-state index is 0. The van der Waals surface area contributed by atoms with Gasteiger partial charge in [0.2, 0.25) is 0 Å². The molecule has 0 saturated heterocycles. The van der Waals surface area contributed by atoms with Gasteiger partial charge in [-0.15, -0.1) is 17.5 Å². The molecule has 1 fully saturated rings. The van der Waals surface area contributed by atoms with Crippen LogP contribution in [0.5, 0.6) is 0 Å². The summed E-state index contributed by atoms with van der Waals surface area (Å²) in [6.07, 6.45) is 16.7. The third-order valence-corrected chi connectivity index (χ3v) is 7.58. The van der Waals surface area contributed by atoms with E-state index in [2.05, 4.69) is 129 Å². The van der Waals surface area contributed by atoms with Gasteiger partial charge in [-0.25, -0.2) is 12.2 Å². The summed E-state index contributed by atoms with van der Waals surface area (Å²) >= 11 is 2.26. The summed E-state index contributed by atoms with van der Waals surface area (Å²) in [5.41, 5.74) is 10.4. The Bertz CT molecular complexity index is 1280. The van der Waals surface area contributed by atoms with Crippen molar-refractivity contribution in [3.63, 3.8) is 0 Å². The summed E-state index contributed by atoms with van der Waals surface area (Å²) in [7, 11) is 0. The van der Waals surface area contributed by atoms with Crippen molar-refractivity contribution in [3.05, 3.63) is 132 Å². The van der Waals surface area contributed by atoms with Crippen molar-refractivity contribution < 1.29 is 44.8 Å². The average molecular weight is 569 g/mol. The van der Waals surface area contributed by atoms with Gasteiger partial charge in [-0.3, -0.25) is 6.08 Å². The summed E-state index contributed by atoms with van der Waals surface area (Å²) in [6, 6.07) is 35.9. The van der Waals surface area contributed by atoms with Crippen molar-refractivity contribution in [2.45, 2.75) is 38.5 Å². The second-order valence-electron chi connectivity index (χ2n) is 9.38. The molecule has 0 N–H and O–H groups in total. The predicted molar refractivity (Wildman–Crippen MR) is 149 cm³/mol. The van der Waals surface area contributed by atoms with Crippen LogP contribution in [-0.4, -0.2) is 3.81 Å². The standard InChI is InChI=1S/C25H17.C5H8.C5H5.2ClH.Ti/c1-3-7-18(8-4-1)20-11-13-22-15-23-14-12-21(17-25(23)24(22)16-20)19-9-5-2-6-10-19;2*1-2-4-5-3-1;;;/h1-13,16-17H,15H2;1-4H2;1-3H,4H2;2*1H;/q-1;;-1;;;+2/p-2. The van der Waals surface area contributed by atoms with Crippen LogP contribution in [0.15, 0.2) is 109 Å². The number of rotatable bonds is 2. The van der Waals surface area contributed by atoms with Crippen molar-refractivity contribution >= 4 is 3.81 Å². The zero-order chi connectivity index (χ0) is 24.6. The van der Waals surface area contributed by atoms with Crippen LogP contribution in [-0.2, 0) is 26.4 Å². The zero-order valence-electron chi connectivity index (χ0n) is 21.4. The molecule has 3 aliphatic carbocycles. The molecule has 3 heteroatoms. The fourth-order valence-corrected chi connectivity index (χ4v) is 5.39. The number of halogens is 2. The zero-order valence-corrected chi connectivity index (χ0v) is 24.5. The molecule has 38 heavy (non-hydrogen) atoms. The first-order chi connectivity index (χ1) is 17.8. The molecule has 0 heterocycles. The average Bonchev–Trinajstić information content (AvgIpc) is 3.73. The maximum Gasteiger partial charge on any atom is -0.0184 e. The van der Waals surface area contributed by atoms with Crippen molar-refractivity contribution in [2.75, 3.05) is 0 Å². The van der Waals surface area contributed by atoms with Crippen molar-refractivity contribution in [2.24, 2.45) is 0 Å². The predicted octanol–water partition coefficient (Wildman–Crippen LogP) is 2.99. The third kappa shape index (κ3) is 7.78.